The lowest BCUT2D eigenvalue weighted by molar-refractivity contribution is 0.226. The third-order valence-corrected chi connectivity index (χ3v) is 5.27. The van der Waals surface area contributed by atoms with Crippen molar-refractivity contribution in [1.82, 2.24) is 0 Å². The van der Waals surface area contributed by atoms with Crippen LogP contribution in [0, 0.1) is 11.3 Å². The van der Waals surface area contributed by atoms with E-state index >= 15 is 0 Å². The minimum Gasteiger partial charge on any atom is -0.0880 e. The highest BCUT2D eigenvalue weighted by atomic mass is 14.3. The molecular formula is C18H32. The van der Waals surface area contributed by atoms with Crippen molar-refractivity contribution in [3.05, 3.63) is 12.2 Å². The second-order valence-electron chi connectivity index (χ2n) is 6.96. The fourth-order valence-electron chi connectivity index (χ4n) is 3.88. The Morgan fingerprint density at radius 1 is 0.778 bits per heavy atom. The van der Waals surface area contributed by atoms with E-state index in [0.717, 1.165) is 5.92 Å². The summed E-state index contributed by atoms with van der Waals surface area (Å²) in [6.45, 7) is 2.46. The average molecular weight is 248 g/mol. The molecule has 1 fully saturated rings. The van der Waals surface area contributed by atoms with Crippen LogP contribution in [-0.4, -0.2) is 0 Å². The lowest BCUT2D eigenvalue weighted by Gasteiger charge is -2.35. The Kier molecular flexibility index (Phi) is 5.79. The van der Waals surface area contributed by atoms with Crippen LogP contribution in [0.5, 0.6) is 0 Å². The van der Waals surface area contributed by atoms with Gasteiger partial charge in [0.25, 0.3) is 0 Å². The Morgan fingerprint density at radius 2 is 1.50 bits per heavy atom. The second-order valence-corrected chi connectivity index (χ2v) is 6.96. The molecule has 0 aromatic heterocycles. The van der Waals surface area contributed by atoms with Crippen molar-refractivity contribution in [2.24, 2.45) is 11.3 Å². The quantitative estimate of drug-likeness (QED) is 0.444. The summed E-state index contributed by atoms with van der Waals surface area (Å²) < 4.78 is 0. The van der Waals surface area contributed by atoms with Crippen molar-refractivity contribution in [2.75, 3.05) is 0 Å². The monoisotopic (exact) mass is 248 g/mol. The van der Waals surface area contributed by atoms with E-state index in [1.807, 2.05) is 0 Å². The third kappa shape index (κ3) is 4.44. The van der Waals surface area contributed by atoms with Crippen LogP contribution in [0.1, 0.15) is 90.4 Å². The number of hydrogen-bond donors (Lipinski definition) is 0. The van der Waals surface area contributed by atoms with Gasteiger partial charge in [0.05, 0.1) is 0 Å². The maximum atomic E-state index is 2.65. The molecule has 2 rings (SSSR count). The predicted octanol–water partition coefficient (Wildman–Crippen LogP) is 6.26. The zero-order valence-corrected chi connectivity index (χ0v) is 12.4. The number of rotatable bonds is 0. The summed E-state index contributed by atoms with van der Waals surface area (Å²) in [7, 11) is 0. The van der Waals surface area contributed by atoms with E-state index in [2.05, 4.69) is 19.1 Å². The topological polar surface area (TPSA) is 0 Å². The molecule has 1 spiro atoms. The first-order chi connectivity index (χ1) is 8.81. The van der Waals surface area contributed by atoms with Crippen molar-refractivity contribution < 1.29 is 0 Å². The van der Waals surface area contributed by atoms with Crippen LogP contribution < -0.4 is 0 Å². The average Bonchev–Trinajstić information content (AvgIpc) is 2.38. The lowest BCUT2D eigenvalue weighted by atomic mass is 9.70. The molecule has 0 nitrogen and oxygen atoms in total. The van der Waals surface area contributed by atoms with Crippen LogP contribution in [0.2, 0.25) is 0 Å². The van der Waals surface area contributed by atoms with Crippen molar-refractivity contribution in [2.45, 2.75) is 90.4 Å². The molecular weight excluding hydrogens is 216 g/mol. The molecule has 104 valence electrons. The van der Waals surface area contributed by atoms with Crippen molar-refractivity contribution in [1.29, 1.82) is 0 Å². The fourth-order valence-corrected chi connectivity index (χ4v) is 3.88. The van der Waals surface area contributed by atoms with E-state index < -0.39 is 0 Å². The first-order valence-electron chi connectivity index (χ1n) is 8.48. The van der Waals surface area contributed by atoms with Gasteiger partial charge < -0.3 is 0 Å². The normalized spacial score (nSPS) is 35.9. The molecule has 2 atom stereocenters. The van der Waals surface area contributed by atoms with Gasteiger partial charge in [-0.3, -0.25) is 0 Å². The SMILES string of the molecule is CC1CCCCC2(C=CCCCCCCC2)CC1. The van der Waals surface area contributed by atoms with Crippen LogP contribution in [0.25, 0.3) is 0 Å². The van der Waals surface area contributed by atoms with Gasteiger partial charge in [0, 0.05) is 0 Å². The van der Waals surface area contributed by atoms with Gasteiger partial charge in [-0.1, -0.05) is 64.0 Å². The van der Waals surface area contributed by atoms with E-state index in [0.29, 0.717) is 5.41 Å². The molecule has 1 saturated carbocycles. The van der Waals surface area contributed by atoms with Gasteiger partial charge in [0.1, 0.15) is 0 Å². The summed E-state index contributed by atoms with van der Waals surface area (Å²) in [6, 6.07) is 0. The summed E-state index contributed by atoms with van der Waals surface area (Å²) in [4.78, 5) is 0. The standard InChI is InChI=1S/C18H32/c1-17-11-7-10-15-18(16-12-17)13-8-5-3-2-4-6-9-14-18/h8,13,17H,2-7,9-12,14-16H2,1H3. The largest absolute Gasteiger partial charge is 0.0880 e. The van der Waals surface area contributed by atoms with Gasteiger partial charge in [0.2, 0.25) is 0 Å². The van der Waals surface area contributed by atoms with Crippen molar-refractivity contribution in [3.8, 4) is 0 Å². The van der Waals surface area contributed by atoms with Gasteiger partial charge in [-0.2, -0.15) is 0 Å². The van der Waals surface area contributed by atoms with E-state index in [4.69, 9.17) is 0 Å². The van der Waals surface area contributed by atoms with Gasteiger partial charge in [-0.25, -0.2) is 0 Å². The van der Waals surface area contributed by atoms with Crippen LogP contribution in [0.3, 0.4) is 0 Å². The number of allylic oxidation sites excluding steroid dienone is 2. The Balaban J connectivity index is 2.01. The van der Waals surface area contributed by atoms with Gasteiger partial charge in [-0.15, -0.1) is 0 Å². The smallest absolute Gasteiger partial charge is 0.0118 e. The molecule has 2 unspecified atom stereocenters. The summed E-state index contributed by atoms with van der Waals surface area (Å²) in [5.41, 5.74) is 0.589. The van der Waals surface area contributed by atoms with E-state index in [9.17, 15) is 0 Å². The third-order valence-electron chi connectivity index (χ3n) is 5.27. The maximum Gasteiger partial charge on any atom is -0.0118 e. The molecule has 0 aromatic carbocycles. The molecule has 0 bridgehead atoms. The summed E-state index contributed by atoms with van der Waals surface area (Å²) >= 11 is 0. The minimum atomic E-state index is 0.589. The molecule has 0 heterocycles. The highest BCUT2D eigenvalue weighted by Crippen LogP contribution is 2.41. The van der Waals surface area contributed by atoms with Crippen LogP contribution >= 0.6 is 0 Å². The molecule has 0 aromatic rings. The highest BCUT2D eigenvalue weighted by Gasteiger charge is 2.28. The molecule has 0 heteroatoms. The Hall–Kier alpha value is -0.260. The first-order valence-corrected chi connectivity index (χ1v) is 8.48. The number of hydrogen-bond acceptors (Lipinski definition) is 0. The lowest BCUT2D eigenvalue weighted by Crippen LogP contribution is -2.21. The zero-order chi connectivity index (χ0) is 12.7. The van der Waals surface area contributed by atoms with Crippen LogP contribution in [0.4, 0.5) is 0 Å². The Bertz CT molecular complexity index is 253. The van der Waals surface area contributed by atoms with Gasteiger partial charge in [-0.05, 0) is 49.9 Å². The molecule has 0 aliphatic heterocycles. The Labute approximate surface area is 114 Å². The van der Waals surface area contributed by atoms with E-state index in [1.54, 1.807) is 0 Å². The predicted molar refractivity (Wildman–Crippen MR) is 80.8 cm³/mol. The molecule has 0 N–H and O–H groups in total. The van der Waals surface area contributed by atoms with Gasteiger partial charge in [0.15, 0.2) is 0 Å². The summed E-state index contributed by atoms with van der Waals surface area (Å²) in [5, 5.41) is 0. The van der Waals surface area contributed by atoms with E-state index in [-0.39, 0.29) is 0 Å². The second kappa shape index (κ2) is 7.36. The van der Waals surface area contributed by atoms with Crippen molar-refractivity contribution >= 4 is 0 Å². The molecule has 0 amide bonds. The zero-order valence-electron chi connectivity index (χ0n) is 12.4. The summed E-state index contributed by atoms with van der Waals surface area (Å²) in [6.07, 6.45) is 24.1. The molecule has 18 heavy (non-hydrogen) atoms. The van der Waals surface area contributed by atoms with Crippen LogP contribution in [0.15, 0.2) is 12.2 Å². The molecule has 2 aliphatic rings. The summed E-state index contributed by atoms with van der Waals surface area (Å²) in [5.74, 6) is 0.964. The van der Waals surface area contributed by atoms with Crippen molar-refractivity contribution in [3.63, 3.8) is 0 Å². The minimum absolute atomic E-state index is 0.589. The Morgan fingerprint density at radius 3 is 2.39 bits per heavy atom. The van der Waals surface area contributed by atoms with E-state index in [1.165, 1.54) is 83.5 Å². The highest BCUT2D eigenvalue weighted by molar-refractivity contribution is 5.01. The molecule has 0 radical (unpaired) electrons. The van der Waals surface area contributed by atoms with Crippen LogP contribution in [-0.2, 0) is 0 Å². The van der Waals surface area contributed by atoms with Gasteiger partial charge >= 0.3 is 0 Å². The molecule has 2 aliphatic carbocycles. The molecule has 0 saturated heterocycles. The fraction of sp³-hybridized carbons (Fsp3) is 0.889. The first kappa shape index (κ1) is 14.2. The maximum absolute atomic E-state index is 2.65.